The van der Waals surface area contributed by atoms with E-state index in [-0.39, 0.29) is 0 Å². The third-order valence-corrected chi connectivity index (χ3v) is 5.61. The Bertz CT molecular complexity index is 204. The molecule has 2 aliphatic carbocycles. The summed E-state index contributed by atoms with van der Waals surface area (Å²) in [6.07, 6.45) is 10.6. The zero-order chi connectivity index (χ0) is 10.9. The summed E-state index contributed by atoms with van der Waals surface area (Å²) in [7, 11) is 0. The highest BCUT2D eigenvalue weighted by atomic mass is 32.2. The minimum absolute atomic E-state index is 0.460. The first-order valence-electron chi connectivity index (χ1n) is 6.74. The van der Waals surface area contributed by atoms with E-state index in [4.69, 9.17) is 0 Å². The van der Waals surface area contributed by atoms with E-state index in [1.165, 1.54) is 44.9 Å². The van der Waals surface area contributed by atoms with E-state index in [1.807, 2.05) is 0 Å². The number of thioether (sulfide) groups is 1. The number of hydrogen-bond acceptors (Lipinski definition) is 1. The van der Waals surface area contributed by atoms with Crippen molar-refractivity contribution in [3.8, 4) is 0 Å². The van der Waals surface area contributed by atoms with Crippen LogP contribution in [0.15, 0.2) is 0 Å². The van der Waals surface area contributed by atoms with Crippen LogP contribution in [-0.2, 0) is 0 Å². The first kappa shape index (κ1) is 11.8. The summed E-state index contributed by atoms with van der Waals surface area (Å²) in [6, 6.07) is 0. The molecule has 0 aromatic carbocycles. The minimum atomic E-state index is 0.460. The molecule has 0 amide bonds. The molecular formula is C14H26S. The van der Waals surface area contributed by atoms with Gasteiger partial charge in [0.2, 0.25) is 0 Å². The molecule has 0 nitrogen and oxygen atoms in total. The predicted molar refractivity (Wildman–Crippen MR) is 70.4 cm³/mol. The largest absolute Gasteiger partial charge is 0.152 e. The van der Waals surface area contributed by atoms with Gasteiger partial charge in [-0.25, -0.2) is 0 Å². The van der Waals surface area contributed by atoms with Gasteiger partial charge in [-0.3, -0.25) is 0 Å². The lowest BCUT2D eigenvalue weighted by molar-refractivity contribution is 0.374. The summed E-state index contributed by atoms with van der Waals surface area (Å²) >= 11 is 2.27. The number of hydrogen-bond donors (Lipinski definition) is 0. The first-order valence-corrected chi connectivity index (χ1v) is 7.62. The van der Waals surface area contributed by atoms with E-state index < -0.39 is 0 Å². The average Bonchev–Trinajstić information content (AvgIpc) is 2.50. The van der Waals surface area contributed by atoms with Crippen molar-refractivity contribution in [3.63, 3.8) is 0 Å². The van der Waals surface area contributed by atoms with Gasteiger partial charge in [0.05, 0.1) is 0 Å². The Morgan fingerprint density at radius 3 is 2.27 bits per heavy atom. The van der Waals surface area contributed by atoms with Crippen LogP contribution in [-0.4, -0.2) is 10.00 Å². The lowest BCUT2D eigenvalue weighted by Crippen LogP contribution is -2.24. The highest BCUT2D eigenvalue weighted by Gasteiger charge is 2.36. The molecule has 0 aromatic heterocycles. The van der Waals surface area contributed by atoms with Crippen LogP contribution < -0.4 is 0 Å². The highest BCUT2D eigenvalue weighted by Crippen LogP contribution is 2.47. The Hall–Kier alpha value is 0.350. The van der Waals surface area contributed by atoms with Gasteiger partial charge in [0.25, 0.3) is 0 Å². The molecule has 0 bridgehead atoms. The van der Waals surface area contributed by atoms with Crippen molar-refractivity contribution in [2.45, 2.75) is 75.7 Å². The standard InChI is InChI=1S/C14H26S/c1-14(2,3)15-13-10-5-4-7-11-8-6-9-12(11)13/h11-13H,4-10H2,1-3H3. The van der Waals surface area contributed by atoms with Gasteiger partial charge in [-0.15, -0.1) is 0 Å². The molecule has 2 fully saturated rings. The van der Waals surface area contributed by atoms with Crippen LogP contribution in [0.3, 0.4) is 0 Å². The van der Waals surface area contributed by atoms with Crippen molar-refractivity contribution in [2.75, 3.05) is 0 Å². The van der Waals surface area contributed by atoms with Gasteiger partial charge in [0.1, 0.15) is 0 Å². The van der Waals surface area contributed by atoms with Crippen molar-refractivity contribution >= 4 is 11.8 Å². The van der Waals surface area contributed by atoms with Gasteiger partial charge in [-0.2, -0.15) is 11.8 Å². The van der Waals surface area contributed by atoms with Crippen LogP contribution in [0.2, 0.25) is 0 Å². The molecule has 15 heavy (non-hydrogen) atoms. The van der Waals surface area contributed by atoms with Gasteiger partial charge >= 0.3 is 0 Å². The maximum atomic E-state index is 2.38. The Morgan fingerprint density at radius 1 is 0.867 bits per heavy atom. The fourth-order valence-corrected chi connectivity index (χ4v) is 5.21. The van der Waals surface area contributed by atoms with Crippen LogP contribution in [0.1, 0.15) is 65.7 Å². The van der Waals surface area contributed by atoms with Crippen LogP contribution in [0.4, 0.5) is 0 Å². The molecule has 0 saturated heterocycles. The topological polar surface area (TPSA) is 0 Å². The molecule has 0 N–H and O–H groups in total. The molecule has 0 radical (unpaired) electrons. The van der Waals surface area contributed by atoms with E-state index in [2.05, 4.69) is 32.5 Å². The highest BCUT2D eigenvalue weighted by molar-refractivity contribution is 8.01. The molecule has 1 heteroatoms. The van der Waals surface area contributed by atoms with Crippen molar-refractivity contribution in [1.29, 1.82) is 0 Å². The molecular weight excluding hydrogens is 200 g/mol. The van der Waals surface area contributed by atoms with Crippen LogP contribution in [0.25, 0.3) is 0 Å². The quantitative estimate of drug-likeness (QED) is 0.614. The summed E-state index contributed by atoms with van der Waals surface area (Å²) in [4.78, 5) is 0. The monoisotopic (exact) mass is 226 g/mol. The summed E-state index contributed by atoms with van der Waals surface area (Å²) in [5.74, 6) is 2.16. The third-order valence-electron chi connectivity index (χ3n) is 4.01. The van der Waals surface area contributed by atoms with E-state index in [9.17, 15) is 0 Å². The SMILES string of the molecule is CC(C)(C)SC1CCCCC2CCCC21. The zero-order valence-electron chi connectivity index (χ0n) is 10.6. The lowest BCUT2D eigenvalue weighted by Gasteiger charge is -2.31. The van der Waals surface area contributed by atoms with Crippen molar-refractivity contribution in [3.05, 3.63) is 0 Å². The summed E-state index contributed by atoms with van der Waals surface area (Å²) in [6.45, 7) is 7.14. The van der Waals surface area contributed by atoms with Crippen molar-refractivity contribution in [1.82, 2.24) is 0 Å². The second kappa shape index (κ2) is 4.69. The molecule has 2 rings (SSSR count). The molecule has 2 saturated carbocycles. The second-order valence-corrected chi connectivity index (χ2v) is 8.47. The molecule has 0 heterocycles. The Balaban J connectivity index is 2.01. The molecule has 0 aliphatic heterocycles. The fraction of sp³-hybridized carbons (Fsp3) is 1.00. The average molecular weight is 226 g/mol. The maximum absolute atomic E-state index is 2.38. The first-order chi connectivity index (χ1) is 7.06. The molecule has 0 aromatic rings. The molecule has 88 valence electrons. The van der Waals surface area contributed by atoms with Crippen LogP contribution in [0, 0.1) is 11.8 Å². The lowest BCUT2D eigenvalue weighted by atomic mass is 9.91. The zero-order valence-corrected chi connectivity index (χ0v) is 11.4. The smallest absolute Gasteiger partial charge is 0.00832 e. The molecule has 3 atom stereocenters. The maximum Gasteiger partial charge on any atom is 0.00832 e. The van der Waals surface area contributed by atoms with E-state index in [0.717, 1.165) is 17.1 Å². The predicted octanol–water partition coefficient (Wildman–Crippen LogP) is 4.88. The van der Waals surface area contributed by atoms with E-state index >= 15 is 0 Å². The van der Waals surface area contributed by atoms with Crippen LogP contribution >= 0.6 is 11.8 Å². The third kappa shape index (κ3) is 3.15. The Kier molecular flexibility index (Phi) is 3.70. The molecule has 2 aliphatic rings. The van der Waals surface area contributed by atoms with E-state index in [0.29, 0.717) is 4.75 Å². The van der Waals surface area contributed by atoms with Crippen molar-refractivity contribution in [2.24, 2.45) is 11.8 Å². The normalized spacial score (nSPS) is 37.4. The Morgan fingerprint density at radius 2 is 1.53 bits per heavy atom. The Labute approximate surface area is 99.6 Å². The van der Waals surface area contributed by atoms with Gasteiger partial charge in [0.15, 0.2) is 0 Å². The minimum Gasteiger partial charge on any atom is -0.152 e. The van der Waals surface area contributed by atoms with Gasteiger partial charge < -0.3 is 0 Å². The number of rotatable bonds is 1. The summed E-state index contributed by atoms with van der Waals surface area (Å²) < 4.78 is 0.460. The summed E-state index contributed by atoms with van der Waals surface area (Å²) in [5, 5.41) is 0.972. The van der Waals surface area contributed by atoms with Gasteiger partial charge in [-0.05, 0) is 24.7 Å². The number of fused-ring (bicyclic) bond motifs is 1. The molecule has 0 spiro atoms. The van der Waals surface area contributed by atoms with Crippen molar-refractivity contribution < 1.29 is 0 Å². The van der Waals surface area contributed by atoms with E-state index in [1.54, 1.807) is 0 Å². The molecule has 3 unspecified atom stereocenters. The van der Waals surface area contributed by atoms with Crippen LogP contribution in [0.5, 0.6) is 0 Å². The van der Waals surface area contributed by atoms with Gasteiger partial charge in [0, 0.05) is 10.00 Å². The fourth-order valence-electron chi connectivity index (χ4n) is 3.48. The van der Waals surface area contributed by atoms with Gasteiger partial charge in [-0.1, -0.05) is 52.9 Å². The second-order valence-electron chi connectivity index (χ2n) is 6.41. The summed E-state index contributed by atoms with van der Waals surface area (Å²) in [5.41, 5.74) is 0.